The van der Waals surface area contributed by atoms with Crippen molar-refractivity contribution in [2.75, 3.05) is 7.11 Å². The van der Waals surface area contributed by atoms with E-state index in [1.807, 2.05) is 30.3 Å². The Labute approximate surface area is 111 Å². The monoisotopic (exact) mass is 260 g/mol. The zero-order chi connectivity index (χ0) is 13.7. The zero-order valence-electron chi connectivity index (χ0n) is 10.9. The van der Waals surface area contributed by atoms with Crippen molar-refractivity contribution >= 4 is 5.97 Å². The van der Waals surface area contributed by atoms with Crippen LogP contribution in [0.2, 0.25) is 0 Å². The van der Waals surface area contributed by atoms with E-state index < -0.39 is 0 Å². The standard InChI is InChI=1S/C13H16N4O2/c1-10(13(18)19-2)14-8-11-9-15-17(16-11)12-6-4-3-5-7-12/h3-7,9-10,14H,8H2,1-2H3/t10-/m0/s1. The van der Waals surface area contributed by atoms with Crippen LogP contribution in [0, 0.1) is 0 Å². The molecule has 0 bridgehead atoms. The van der Waals surface area contributed by atoms with Gasteiger partial charge in [0.2, 0.25) is 0 Å². The predicted molar refractivity (Wildman–Crippen MR) is 69.7 cm³/mol. The Morgan fingerprint density at radius 2 is 2.16 bits per heavy atom. The summed E-state index contributed by atoms with van der Waals surface area (Å²) in [6.07, 6.45) is 1.67. The second kappa shape index (κ2) is 6.10. The summed E-state index contributed by atoms with van der Waals surface area (Å²) >= 11 is 0. The van der Waals surface area contributed by atoms with Crippen LogP contribution in [0.3, 0.4) is 0 Å². The van der Waals surface area contributed by atoms with E-state index in [1.165, 1.54) is 7.11 Å². The summed E-state index contributed by atoms with van der Waals surface area (Å²) < 4.78 is 4.63. The molecule has 0 spiro atoms. The molecule has 2 rings (SSSR count). The van der Waals surface area contributed by atoms with Crippen LogP contribution in [-0.2, 0) is 16.1 Å². The fraction of sp³-hybridized carbons (Fsp3) is 0.308. The molecule has 0 radical (unpaired) electrons. The highest BCUT2D eigenvalue weighted by atomic mass is 16.5. The number of hydrogen-bond acceptors (Lipinski definition) is 5. The third kappa shape index (κ3) is 3.38. The molecule has 1 atom stereocenters. The largest absolute Gasteiger partial charge is 0.468 e. The Morgan fingerprint density at radius 3 is 2.84 bits per heavy atom. The topological polar surface area (TPSA) is 69.0 Å². The summed E-state index contributed by atoms with van der Waals surface area (Å²) in [6.45, 7) is 2.20. The highest BCUT2D eigenvalue weighted by Crippen LogP contribution is 2.04. The van der Waals surface area contributed by atoms with Gasteiger partial charge in [-0.2, -0.15) is 15.0 Å². The number of benzene rings is 1. The summed E-state index contributed by atoms with van der Waals surface area (Å²) in [7, 11) is 1.37. The van der Waals surface area contributed by atoms with Gasteiger partial charge < -0.3 is 4.74 Å². The minimum Gasteiger partial charge on any atom is -0.468 e. The van der Waals surface area contributed by atoms with Crippen molar-refractivity contribution in [2.24, 2.45) is 0 Å². The maximum absolute atomic E-state index is 11.2. The van der Waals surface area contributed by atoms with E-state index in [0.717, 1.165) is 11.4 Å². The maximum atomic E-state index is 11.2. The van der Waals surface area contributed by atoms with Crippen molar-refractivity contribution in [1.82, 2.24) is 20.3 Å². The first-order valence-electron chi connectivity index (χ1n) is 5.98. The van der Waals surface area contributed by atoms with Gasteiger partial charge in [-0.25, -0.2) is 0 Å². The van der Waals surface area contributed by atoms with E-state index in [1.54, 1.807) is 17.9 Å². The SMILES string of the molecule is COC(=O)[C@H](C)NCc1cnn(-c2ccccc2)n1. The number of esters is 1. The first-order valence-corrected chi connectivity index (χ1v) is 5.98. The molecule has 0 unspecified atom stereocenters. The van der Waals surface area contributed by atoms with E-state index >= 15 is 0 Å². The van der Waals surface area contributed by atoms with Crippen LogP contribution in [0.1, 0.15) is 12.6 Å². The lowest BCUT2D eigenvalue weighted by Gasteiger charge is -2.09. The smallest absolute Gasteiger partial charge is 0.322 e. The van der Waals surface area contributed by atoms with E-state index in [4.69, 9.17) is 0 Å². The molecule has 1 aromatic carbocycles. The van der Waals surface area contributed by atoms with Gasteiger partial charge in [0.1, 0.15) is 6.04 Å². The van der Waals surface area contributed by atoms with Gasteiger partial charge in [-0.1, -0.05) is 18.2 Å². The summed E-state index contributed by atoms with van der Waals surface area (Å²) in [5, 5.41) is 11.5. The average Bonchev–Trinajstić information content (AvgIpc) is 2.93. The third-order valence-corrected chi connectivity index (χ3v) is 2.67. The Hall–Kier alpha value is -2.21. The summed E-state index contributed by atoms with van der Waals surface area (Å²) in [4.78, 5) is 12.8. The van der Waals surface area contributed by atoms with Gasteiger partial charge in [0, 0.05) is 6.54 Å². The normalized spacial score (nSPS) is 12.1. The van der Waals surface area contributed by atoms with Gasteiger partial charge in [0.05, 0.1) is 24.7 Å². The number of nitrogens with one attached hydrogen (secondary N) is 1. The van der Waals surface area contributed by atoms with Gasteiger partial charge in [0.15, 0.2) is 0 Å². The van der Waals surface area contributed by atoms with Gasteiger partial charge in [-0.3, -0.25) is 10.1 Å². The van der Waals surface area contributed by atoms with Gasteiger partial charge in [-0.15, -0.1) is 0 Å². The number of para-hydroxylation sites is 1. The Morgan fingerprint density at radius 1 is 1.42 bits per heavy atom. The maximum Gasteiger partial charge on any atom is 0.322 e. The summed E-state index contributed by atoms with van der Waals surface area (Å²) in [5.74, 6) is -0.296. The van der Waals surface area contributed by atoms with Crippen molar-refractivity contribution in [3.63, 3.8) is 0 Å². The number of rotatable bonds is 5. The molecule has 0 saturated heterocycles. The number of carbonyl (C=O) groups is 1. The molecule has 0 aliphatic carbocycles. The van der Waals surface area contributed by atoms with Crippen LogP contribution in [0.25, 0.3) is 5.69 Å². The van der Waals surface area contributed by atoms with Crippen molar-refractivity contribution in [1.29, 1.82) is 0 Å². The first kappa shape index (κ1) is 13.2. The number of aromatic nitrogens is 3. The molecule has 2 aromatic rings. The lowest BCUT2D eigenvalue weighted by atomic mass is 10.3. The lowest BCUT2D eigenvalue weighted by Crippen LogP contribution is -2.34. The fourth-order valence-electron chi connectivity index (χ4n) is 1.58. The van der Waals surface area contributed by atoms with Gasteiger partial charge in [0.25, 0.3) is 0 Å². The minimum absolute atomic E-state index is 0.296. The molecule has 0 aliphatic rings. The molecule has 1 N–H and O–H groups in total. The van der Waals surface area contributed by atoms with Crippen LogP contribution < -0.4 is 5.32 Å². The molecule has 0 fully saturated rings. The van der Waals surface area contributed by atoms with E-state index in [9.17, 15) is 4.79 Å². The van der Waals surface area contributed by atoms with E-state index in [-0.39, 0.29) is 12.0 Å². The van der Waals surface area contributed by atoms with Gasteiger partial charge in [-0.05, 0) is 19.1 Å². The Kier molecular flexibility index (Phi) is 4.25. The molecular formula is C13H16N4O2. The lowest BCUT2D eigenvalue weighted by molar-refractivity contribution is -0.142. The zero-order valence-corrected chi connectivity index (χ0v) is 10.9. The molecule has 0 aliphatic heterocycles. The highest BCUT2D eigenvalue weighted by Gasteiger charge is 2.12. The summed E-state index contributed by atoms with van der Waals surface area (Å²) in [6, 6.07) is 9.27. The fourth-order valence-corrected chi connectivity index (χ4v) is 1.58. The number of ether oxygens (including phenoxy) is 1. The first-order chi connectivity index (χ1) is 9.20. The number of hydrogen-bond donors (Lipinski definition) is 1. The van der Waals surface area contributed by atoms with Crippen molar-refractivity contribution < 1.29 is 9.53 Å². The molecule has 0 amide bonds. The van der Waals surface area contributed by atoms with E-state index in [2.05, 4.69) is 20.3 Å². The number of nitrogens with zero attached hydrogens (tertiary/aromatic N) is 3. The molecular weight excluding hydrogens is 244 g/mol. The van der Waals surface area contributed by atoms with Crippen LogP contribution in [0.5, 0.6) is 0 Å². The molecule has 100 valence electrons. The average molecular weight is 260 g/mol. The summed E-state index contributed by atoms with van der Waals surface area (Å²) in [5.41, 5.74) is 1.66. The minimum atomic E-state index is -0.369. The quantitative estimate of drug-likeness (QED) is 0.809. The predicted octanol–water partition coefficient (Wildman–Crippen LogP) is 0.918. The van der Waals surface area contributed by atoms with Crippen LogP contribution >= 0.6 is 0 Å². The molecule has 1 aromatic heterocycles. The van der Waals surface area contributed by atoms with Crippen molar-refractivity contribution in [3.05, 3.63) is 42.2 Å². The molecule has 6 nitrogen and oxygen atoms in total. The van der Waals surface area contributed by atoms with Crippen LogP contribution in [-0.4, -0.2) is 34.1 Å². The van der Waals surface area contributed by atoms with Crippen LogP contribution in [0.4, 0.5) is 0 Å². The Balaban J connectivity index is 1.97. The molecule has 19 heavy (non-hydrogen) atoms. The number of methoxy groups -OCH3 is 1. The molecule has 0 saturated carbocycles. The van der Waals surface area contributed by atoms with Gasteiger partial charge >= 0.3 is 5.97 Å². The number of carbonyl (C=O) groups excluding carboxylic acids is 1. The third-order valence-electron chi connectivity index (χ3n) is 2.67. The Bertz CT molecular complexity index is 539. The van der Waals surface area contributed by atoms with Crippen LogP contribution in [0.15, 0.2) is 36.5 Å². The van der Waals surface area contributed by atoms with Crippen molar-refractivity contribution in [3.8, 4) is 5.69 Å². The second-order valence-electron chi connectivity index (χ2n) is 4.09. The highest BCUT2D eigenvalue weighted by molar-refractivity contribution is 5.75. The van der Waals surface area contributed by atoms with E-state index in [0.29, 0.717) is 6.54 Å². The second-order valence-corrected chi connectivity index (χ2v) is 4.09. The molecule has 6 heteroatoms. The van der Waals surface area contributed by atoms with Crippen molar-refractivity contribution in [2.45, 2.75) is 19.5 Å². The molecule has 1 heterocycles.